The van der Waals surface area contributed by atoms with Crippen LogP contribution in [-0.4, -0.2) is 53.2 Å². The third-order valence-electron chi connectivity index (χ3n) is 4.95. The van der Waals surface area contributed by atoms with Gasteiger partial charge in [0.25, 0.3) is 5.91 Å². The minimum Gasteiger partial charge on any atom is -0.331 e. The summed E-state index contributed by atoms with van der Waals surface area (Å²) in [6.07, 6.45) is 4.00. The van der Waals surface area contributed by atoms with Crippen molar-refractivity contribution in [1.82, 2.24) is 20.0 Å². The van der Waals surface area contributed by atoms with Crippen molar-refractivity contribution in [1.29, 1.82) is 0 Å². The maximum atomic E-state index is 12.6. The summed E-state index contributed by atoms with van der Waals surface area (Å²) in [5.41, 5.74) is 3.16. The van der Waals surface area contributed by atoms with E-state index in [4.69, 9.17) is 0 Å². The summed E-state index contributed by atoms with van der Waals surface area (Å²) in [5, 5.41) is 10.7. The molecule has 2 heterocycles. The van der Waals surface area contributed by atoms with Gasteiger partial charge in [-0.25, -0.2) is 0 Å². The molecule has 1 unspecified atom stereocenters. The van der Waals surface area contributed by atoms with Gasteiger partial charge < -0.3 is 15.5 Å². The number of hydrogen-bond donors (Lipinski definition) is 2. The number of hydrogen-bond acceptors (Lipinski definition) is 4. The van der Waals surface area contributed by atoms with E-state index in [1.54, 1.807) is 13.1 Å². The molecule has 1 aromatic heterocycles. The topological polar surface area (TPSA) is 79.3 Å². The van der Waals surface area contributed by atoms with Crippen LogP contribution in [-0.2, 0) is 4.79 Å². The van der Waals surface area contributed by atoms with Gasteiger partial charge in [-0.05, 0) is 50.4 Å². The summed E-state index contributed by atoms with van der Waals surface area (Å²) in [4.78, 5) is 26.4. The maximum absolute atomic E-state index is 12.6. The fourth-order valence-electron chi connectivity index (χ4n) is 3.39. The third-order valence-corrected chi connectivity index (χ3v) is 4.95. The Labute approximate surface area is 171 Å². The predicted molar refractivity (Wildman–Crippen MR) is 112 cm³/mol. The number of carbonyl (C=O) groups is 2. The monoisotopic (exact) mass is 405 g/mol. The van der Waals surface area contributed by atoms with Gasteiger partial charge in [0.1, 0.15) is 5.69 Å². The fourth-order valence-corrected chi connectivity index (χ4v) is 3.39. The molecule has 1 atom stereocenters. The van der Waals surface area contributed by atoms with E-state index in [1.165, 1.54) is 4.90 Å². The molecular formula is C20H28ClN5O2. The highest BCUT2D eigenvalue weighted by Crippen LogP contribution is 2.19. The summed E-state index contributed by atoms with van der Waals surface area (Å²) in [6, 6.07) is 7.84. The van der Waals surface area contributed by atoms with E-state index >= 15 is 0 Å². The number of aryl methyl sites for hydroxylation is 2. The molecule has 2 N–H and O–H groups in total. The second-order valence-electron chi connectivity index (χ2n) is 7.16. The van der Waals surface area contributed by atoms with E-state index in [2.05, 4.69) is 15.7 Å². The number of piperidine rings is 1. The van der Waals surface area contributed by atoms with Crippen molar-refractivity contribution in [2.75, 3.05) is 32.0 Å². The Hall–Kier alpha value is -2.38. The van der Waals surface area contributed by atoms with Crippen LogP contribution in [0, 0.1) is 13.8 Å². The lowest BCUT2D eigenvalue weighted by Crippen LogP contribution is -2.35. The van der Waals surface area contributed by atoms with Gasteiger partial charge in [0.2, 0.25) is 5.91 Å². The first kappa shape index (κ1) is 21.9. The summed E-state index contributed by atoms with van der Waals surface area (Å²) in [6.45, 7) is 5.77. The lowest BCUT2D eigenvalue weighted by molar-refractivity contribution is -0.116. The molecule has 1 fully saturated rings. The van der Waals surface area contributed by atoms with Crippen molar-refractivity contribution in [3.8, 4) is 0 Å². The molecule has 28 heavy (non-hydrogen) atoms. The van der Waals surface area contributed by atoms with Crippen LogP contribution >= 0.6 is 12.4 Å². The SMILES string of the molecule is Cc1cccc(C)c1NC(=O)CN(C)C(=O)c1ccn(C2CCCNC2)n1.Cl. The van der Waals surface area contributed by atoms with Crippen molar-refractivity contribution >= 4 is 29.9 Å². The Morgan fingerprint density at radius 2 is 2.00 bits per heavy atom. The van der Waals surface area contributed by atoms with Crippen molar-refractivity contribution in [3.05, 3.63) is 47.3 Å². The number of carbonyl (C=O) groups excluding carboxylic acids is 2. The highest BCUT2D eigenvalue weighted by Gasteiger charge is 2.21. The Bertz CT molecular complexity index is 810. The van der Waals surface area contributed by atoms with Crippen LogP contribution in [0.5, 0.6) is 0 Å². The quantitative estimate of drug-likeness (QED) is 0.801. The number of nitrogens with one attached hydrogen (secondary N) is 2. The Morgan fingerprint density at radius 1 is 1.29 bits per heavy atom. The van der Waals surface area contributed by atoms with Crippen LogP contribution in [0.1, 0.15) is 40.5 Å². The predicted octanol–water partition coefficient (Wildman–Crippen LogP) is 2.56. The molecule has 0 bridgehead atoms. The van der Waals surface area contributed by atoms with Crippen molar-refractivity contribution in [2.45, 2.75) is 32.7 Å². The van der Waals surface area contributed by atoms with Gasteiger partial charge >= 0.3 is 0 Å². The first-order valence-corrected chi connectivity index (χ1v) is 9.33. The van der Waals surface area contributed by atoms with Crippen molar-refractivity contribution < 1.29 is 9.59 Å². The minimum absolute atomic E-state index is 0. The lowest BCUT2D eigenvalue weighted by Gasteiger charge is -2.23. The molecule has 7 nitrogen and oxygen atoms in total. The molecule has 3 rings (SSSR count). The molecule has 0 saturated carbocycles. The number of para-hydroxylation sites is 1. The van der Waals surface area contributed by atoms with Crippen LogP contribution in [0.4, 0.5) is 5.69 Å². The summed E-state index contributed by atoms with van der Waals surface area (Å²) < 4.78 is 1.85. The Kier molecular flexibility index (Phi) is 7.60. The fraction of sp³-hybridized carbons (Fsp3) is 0.450. The van der Waals surface area contributed by atoms with Gasteiger partial charge in [0.15, 0.2) is 0 Å². The largest absolute Gasteiger partial charge is 0.331 e. The summed E-state index contributed by atoms with van der Waals surface area (Å²) in [5.74, 6) is -0.478. The molecule has 1 aromatic carbocycles. The molecular weight excluding hydrogens is 378 g/mol. The van der Waals surface area contributed by atoms with Crippen LogP contribution in [0.3, 0.4) is 0 Å². The molecule has 1 saturated heterocycles. The van der Waals surface area contributed by atoms with Crippen LogP contribution < -0.4 is 10.6 Å². The van der Waals surface area contributed by atoms with Gasteiger partial charge in [-0.2, -0.15) is 5.10 Å². The number of benzene rings is 1. The molecule has 0 spiro atoms. The van der Waals surface area contributed by atoms with E-state index in [1.807, 2.05) is 42.9 Å². The second-order valence-corrected chi connectivity index (χ2v) is 7.16. The molecule has 0 aliphatic carbocycles. The maximum Gasteiger partial charge on any atom is 0.274 e. The first-order valence-electron chi connectivity index (χ1n) is 9.33. The average molecular weight is 406 g/mol. The van der Waals surface area contributed by atoms with E-state index in [9.17, 15) is 9.59 Å². The lowest BCUT2D eigenvalue weighted by atomic mass is 10.1. The van der Waals surface area contributed by atoms with Crippen LogP contribution in [0.15, 0.2) is 30.5 Å². The van der Waals surface area contributed by atoms with Gasteiger partial charge in [-0.15, -0.1) is 12.4 Å². The van der Waals surface area contributed by atoms with Crippen LogP contribution in [0.2, 0.25) is 0 Å². The second kappa shape index (κ2) is 9.71. The zero-order valence-corrected chi connectivity index (χ0v) is 17.4. The number of nitrogens with zero attached hydrogens (tertiary/aromatic N) is 3. The Balaban J connectivity index is 0.00000280. The summed E-state index contributed by atoms with van der Waals surface area (Å²) in [7, 11) is 1.62. The number of likely N-dealkylation sites (N-methyl/N-ethyl adjacent to an activating group) is 1. The molecule has 2 aromatic rings. The zero-order chi connectivity index (χ0) is 19.4. The standard InChI is InChI=1S/C20H27N5O2.ClH/c1-14-6-4-7-15(2)19(14)22-18(26)13-24(3)20(27)17-9-11-25(23-17)16-8-5-10-21-12-16;/h4,6-7,9,11,16,21H,5,8,10,12-13H2,1-3H3,(H,22,26);1H. The highest BCUT2D eigenvalue weighted by atomic mass is 35.5. The molecule has 152 valence electrons. The Morgan fingerprint density at radius 3 is 2.64 bits per heavy atom. The number of aromatic nitrogens is 2. The first-order chi connectivity index (χ1) is 13.0. The number of anilines is 1. The average Bonchev–Trinajstić information content (AvgIpc) is 3.15. The van der Waals surface area contributed by atoms with E-state index < -0.39 is 0 Å². The normalized spacial score (nSPS) is 16.2. The highest BCUT2D eigenvalue weighted by molar-refractivity contribution is 5.98. The zero-order valence-electron chi connectivity index (χ0n) is 16.6. The van der Waals surface area contributed by atoms with E-state index in [-0.39, 0.29) is 36.8 Å². The van der Waals surface area contributed by atoms with Crippen molar-refractivity contribution in [3.63, 3.8) is 0 Å². The number of halogens is 1. The minimum atomic E-state index is -0.255. The van der Waals surface area contributed by atoms with E-state index in [0.717, 1.165) is 42.7 Å². The van der Waals surface area contributed by atoms with Gasteiger partial charge in [-0.3, -0.25) is 14.3 Å². The molecule has 2 amide bonds. The third kappa shape index (κ3) is 5.11. The van der Waals surface area contributed by atoms with Gasteiger partial charge in [0.05, 0.1) is 12.6 Å². The van der Waals surface area contributed by atoms with Crippen LogP contribution in [0.25, 0.3) is 0 Å². The number of amides is 2. The smallest absolute Gasteiger partial charge is 0.274 e. The van der Waals surface area contributed by atoms with Gasteiger partial charge in [0, 0.05) is 25.5 Å². The van der Waals surface area contributed by atoms with E-state index in [0.29, 0.717) is 5.69 Å². The molecule has 0 radical (unpaired) electrons. The number of rotatable bonds is 5. The summed E-state index contributed by atoms with van der Waals surface area (Å²) >= 11 is 0. The molecule has 8 heteroatoms. The van der Waals surface area contributed by atoms with Gasteiger partial charge in [-0.1, -0.05) is 18.2 Å². The molecule has 1 aliphatic rings. The molecule has 1 aliphatic heterocycles. The van der Waals surface area contributed by atoms with Crippen molar-refractivity contribution in [2.24, 2.45) is 0 Å².